The fourth-order valence-electron chi connectivity index (χ4n) is 2.74. The third-order valence-corrected chi connectivity index (χ3v) is 5.17. The third kappa shape index (κ3) is 4.84. The Morgan fingerprint density at radius 3 is 2.69 bits per heavy atom. The lowest BCUT2D eigenvalue weighted by Gasteiger charge is -2.05. The van der Waals surface area contributed by atoms with E-state index in [4.69, 9.17) is 0 Å². The molecule has 3 rings (SSSR count). The van der Waals surface area contributed by atoms with E-state index in [9.17, 15) is 4.79 Å². The fraction of sp³-hybridized carbons (Fsp3) is 0.368. The van der Waals surface area contributed by atoms with E-state index < -0.39 is 0 Å². The van der Waals surface area contributed by atoms with Crippen molar-refractivity contribution < 1.29 is 4.79 Å². The molecule has 0 saturated carbocycles. The Hall–Kier alpha value is -1.89. The smallest absolute Gasteiger partial charge is 0.261 e. The minimum Gasteiger partial charge on any atom is -0.350 e. The van der Waals surface area contributed by atoms with Crippen LogP contribution in [0, 0.1) is 6.92 Å². The molecule has 2 aromatic heterocycles. The van der Waals surface area contributed by atoms with Crippen molar-refractivity contribution in [1.82, 2.24) is 20.4 Å². The van der Waals surface area contributed by atoms with E-state index in [1.165, 1.54) is 16.9 Å². The highest BCUT2D eigenvalue weighted by Crippen LogP contribution is 2.28. The second-order valence-electron chi connectivity index (χ2n) is 6.06. The lowest BCUT2D eigenvalue weighted by atomic mass is 10.2. The van der Waals surface area contributed by atoms with Gasteiger partial charge < -0.3 is 10.6 Å². The Bertz CT molecular complexity index is 844. The van der Waals surface area contributed by atoms with Crippen molar-refractivity contribution in [2.75, 3.05) is 19.6 Å². The maximum Gasteiger partial charge on any atom is 0.261 e. The predicted octanol–water partition coefficient (Wildman–Crippen LogP) is 3.61. The van der Waals surface area contributed by atoms with E-state index in [0.29, 0.717) is 13.1 Å². The standard InChI is InChI=1S/C19H24N4OS.ClH/c1-3-9-20-10-11-21-18(24)17-12-16-14(2)22-23(19(16)25-17)13-15-7-5-4-6-8-15;/h4-8,12,20H,3,9-11,13H2,1-2H3,(H,21,24);1H. The van der Waals surface area contributed by atoms with Gasteiger partial charge in [-0.25, -0.2) is 0 Å². The maximum absolute atomic E-state index is 12.4. The van der Waals surface area contributed by atoms with Gasteiger partial charge >= 0.3 is 0 Å². The van der Waals surface area contributed by atoms with Gasteiger partial charge in [-0.3, -0.25) is 9.48 Å². The largest absolute Gasteiger partial charge is 0.350 e. The number of carbonyl (C=O) groups excluding carboxylic acids is 1. The van der Waals surface area contributed by atoms with Crippen LogP contribution in [-0.4, -0.2) is 35.3 Å². The van der Waals surface area contributed by atoms with Gasteiger partial charge in [-0.15, -0.1) is 23.7 Å². The molecule has 7 heteroatoms. The van der Waals surface area contributed by atoms with E-state index in [2.05, 4.69) is 34.8 Å². The summed E-state index contributed by atoms with van der Waals surface area (Å²) in [6, 6.07) is 12.2. The molecule has 2 N–H and O–H groups in total. The van der Waals surface area contributed by atoms with Crippen LogP contribution in [0.15, 0.2) is 36.4 Å². The molecule has 0 fully saturated rings. The average Bonchev–Trinajstić information content (AvgIpc) is 3.17. The monoisotopic (exact) mass is 392 g/mol. The Morgan fingerprint density at radius 2 is 1.96 bits per heavy atom. The van der Waals surface area contributed by atoms with Crippen molar-refractivity contribution in [3.8, 4) is 0 Å². The lowest BCUT2D eigenvalue weighted by Crippen LogP contribution is -2.31. The average molecular weight is 393 g/mol. The zero-order valence-electron chi connectivity index (χ0n) is 15.1. The van der Waals surface area contributed by atoms with Gasteiger partial charge in [0.2, 0.25) is 0 Å². The number of aromatic nitrogens is 2. The van der Waals surface area contributed by atoms with Crippen molar-refractivity contribution in [3.05, 3.63) is 52.5 Å². The number of aryl methyl sites for hydroxylation is 1. The quantitative estimate of drug-likeness (QED) is 0.576. The molecule has 0 bridgehead atoms. The summed E-state index contributed by atoms with van der Waals surface area (Å²) in [4.78, 5) is 14.2. The van der Waals surface area contributed by atoms with Crippen molar-refractivity contribution in [2.45, 2.75) is 26.8 Å². The van der Waals surface area contributed by atoms with Crippen molar-refractivity contribution in [1.29, 1.82) is 0 Å². The molecule has 3 aromatic rings. The third-order valence-electron chi connectivity index (χ3n) is 4.02. The summed E-state index contributed by atoms with van der Waals surface area (Å²) in [5.74, 6) is -0.00911. The number of thiophene rings is 1. The predicted molar refractivity (Wildman–Crippen MR) is 111 cm³/mol. The van der Waals surface area contributed by atoms with Crippen molar-refractivity contribution >= 4 is 39.9 Å². The first-order chi connectivity index (χ1) is 12.2. The molecular formula is C19H25ClN4OS. The Kier molecular flexibility index (Phi) is 7.63. The van der Waals surface area contributed by atoms with Crippen molar-refractivity contribution in [2.24, 2.45) is 0 Å². The molecule has 5 nitrogen and oxygen atoms in total. The molecule has 0 unspecified atom stereocenters. The SMILES string of the molecule is CCCNCCNC(=O)c1cc2c(C)nn(Cc3ccccc3)c2s1.Cl. The molecule has 1 aromatic carbocycles. The molecule has 0 atom stereocenters. The van der Waals surface area contributed by atoms with Crippen LogP contribution in [0.2, 0.25) is 0 Å². The second-order valence-corrected chi connectivity index (χ2v) is 7.09. The number of nitrogens with zero attached hydrogens (tertiary/aromatic N) is 2. The van der Waals surface area contributed by atoms with Crippen LogP contribution >= 0.6 is 23.7 Å². The molecule has 0 spiro atoms. The number of halogens is 1. The second kappa shape index (κ2) is 9.71. The maximum atomic E-state index is 12.4. The summed E-state index contributed by atoms with van der Waals surface area (Å²) in [5, 5.41) is 12.0. The van der Waals surface area contributed by atoms with E-state index in [1.807, 2.05) is 35.9 Å². The molecule has 26 heavy (non-hydrogen) atoms. The summed E-state index contributed by atoms with van der Waals surface area (Å²) >= 11 is 1.51. The minimum atomic E-state index is -0.00911. The summed E-state index contributed by atoms with van der Waals surface area (Å²) in [7, 11) is 0. The van der Waals surface area contributed by atoms with Gasteiger partial charge in [0.25, 0.3) is 5.91 Å². The first-order valence-electron chi connectivity index (χ1n) is 8.69. The van der Waals surface area contributed by atoms with Crippen LogP contribution in [0.4, 0.5) is 0 Å². The van der Waals surface area contributed by atoms with E-state index >= 15 is 0 Å². The number of carbonyl (C=O) groups is 1. The summed E-state index contributed by atoms with van der Waals surface area (Å²) in [6.07, 6.45) is 1.10. The number of hydrogen-bond acceptors (Lipinski definition) is 4. The van der Waals surface area contributed by atoms with Crippen LogP contribution in [-0.2, 0) is 6.54 Å². The molecule has 0 aliphatic carbocycles. The van der Waals surface area contributed by atoms with Gasteiger partial charge in [-0.1, -0.05) is 37.3 Å². The summed E-state index contributed by atoms with van der Waals surface area (Å²) in [6.45, 7) is 7.26. The normalized spacial score (nSPS) is 10.7. The van der Waals surface area contributed by atoms with Gasteiger partial charge in [0.15, 0.2) is 0 Å². The van der Waals surface area contributed by atoms with Crippen LogP contribution < -0.4 is 10.6 Å². The molecule has 0 saturated heterocycles. The summed E-state index contributed by atoms with van der Waals surface area (Å²) < 4.78 is 1.99. The Morgan fingerprint density at radius 1 is 1.19 bits per heavy atom. The highest BCUT2D eigenvalue weighted by molar-refractivity contribution is 7.20. The Balaban J connectivity index is 0.00000243. The molecule has 0 aliphatic heterocycles. The lowest BCUT2D eigenvalue weighted by molar-refractivity contribution is 0.0958. The Labute approximate surface area is 164 Å². The summed E-state index contributed by atoms with van der Waals surface area (Å²) in [5.41, 5.74) is 2.17. The number of benzene rings is 1. The van der Waals surface area contributed by atoms with E-state index in [1.54, 1.807) is 0 Å². The molecular weight excluding hydrogens is 368 g/mol. The van der Waals surface area contributed by atoms with Crippen LogP contribution in [0.3, 0.4) is 0 Å². The van der Waals surface area contributed by atoms with Gasteiger partial charge in [0, 0.05) is 18.5 Å². The molecule has 2 heterocycles. The molecule has 140 valence electrons. The molecule has 1 amide bonds. The zero-order chi connectivity index (χ0) is 17.6. The molecule has 0 radical (unpaired) electrons. The number of hydrogen-bond donors (Lipinski definition) is 2. The highest BCUT2D eigenvalue weighted by atomic mass is 35.5. The number of fused-ring (bicyclic) bond motifs is 1. The first-order valence-corrected chi connectivity index (χ1v) is 9.50. The molecule has 0 aliphatic rings. The van der Waals surface area contributed by atoms with E-state index in [0.717, 1.165) is 40.3 Å². The fourth-order valence-corrected chi connectivity index (χ4v) is 3.82. The van der Waals surface area contributed by atoms with Gasteiger partial charge in [0.1, 0.15) is 4.83 Å². The highest BCUT2D eigenvalue weighted by Gasteiger charge is 2.16. The van der Waals surface area contributed by atoms with Gasteiger partial charge in [0.05, 0.1) is 17.1 Å². The minimum absolute atomic E-state index is 0. The number of rotatable bonds is 8. The number of amides is 1. The van der Waals surface area contributed by atoms with Gasteiger partial charge in [-0.05, 0) is 31.5 Å². The van der Waals surface area contributed by atoms with E-state index in [-0.39, 0.29) is 18.3 Å². The van der Waals surface area contributed by atoms with Crippen molar-refractivity contribution in [3.63, 3.8) is 0 Å². The topological polar surface area (TPSA) is 58.9 Å². The van der Waals surface area contributed by atoms with Gasteiger partial charge in [-0.2, -0.15) is 5.10 Å². The van der Waals surface area contributed by atoms with Crippen LogP contribution in [0.1, 0.15) is 34.3 Å². The first kappa shape index (κ1) is 20.4. The van der Waals surface area contributed by atoms with Crippen LogP contribution in [0.5, 0.6) is 0 Å². The zero-order valence-corrected chi connectivity index (χ0v) is 16.8. The van der Waals surface area contributed by atoms with Crippen LogP contribution in [0.25, 0.3) is 10.2 Å². The number of nitrogens with one attached hydrogen (secondary N) is 2.